The summed E-state index contributed by atoms with van der Waals surface area (Å²) in [5.41, 5.74) is 5.30. The Kier molecular flexibility index (Phi) is 5.87. The molecule has 0 aliphatic heterocycles. The molecule has 3 aromatic carbocycles. The minimum Gasteiger partial charge on any atom is -0.491 e. The molecule has 0 unspecified atom stereocenters. The molecular formula is C26H26N2O3. The third kappa shape index (κ3) is 4.84. The van der Waals surface area contributed by atoms with Gasteiger partial charge in [0.2, 0.25) is 11.8 Å². The van der Waals surface area contributed by atoms with Gasteiger partial charge in [-0.2, -0.15) is 0 Å². The van der Waals surface area contributed by atoms with E-state index in [1.165, 1.54) is 5.56 Å². The minimum atomic E-state index is 0.00280. The largest absolute Gasteiger partial charge is 0.491 e. The molecule has 4 aromatic rings. The highest BCUT2D eigenvalue weighted by atomic mass is 16.5. The molecule has 1 N–H and O–H groups in total. The molecular weight excluding hydrogens is 388 g/mol. The van der Waals surface area contributed by atoms with Gasteiger partial charge >= 0.3 is 0 Å². The standard InChI is InChI=1S/C26H26N2O3/c1-26(2,3)22-12-8-21(9-13-22)25-28-27-24(31-25)20-6-4-18(5-7-20)19-10-14-23(15-11-19)30-17-16-29/h4-15,29H,16-17H2,1-3H3. The second kappa shape index (κ2) is 8.74. The molecule has 0 bridgehead atoms. The Labute approximate surface area is 182 Å². The zero-order chi connectivity index (χ0) is 21.8. The molecule has 0 saturated heterocycles. The Balaban J connectivity index is 1.49. The van der Waals surface area contributed by atoms with E-state index >= 15 is 0 Å². The molecule has 0 spiro atoms. The van der Waals surface area contributed by atoms with Gasteiger partial charge in [-0.25, -0.2) is 0 Å². The second-order valence-corrected chi connectivity index (χ2v) is 8.41. The smallest absolute Gasteiger partial charge is 0.248 e. The highest BCUT2D eigenvalue weighted by Crippen LogP contribution is 2.29. The van der Waals surface area contributed by atoms with E-state index in [4.69, 9.17) is 14.3 Å². The fourth-order valence-electron chi connectivity index (χ4n) is 3.28. The lowest BCUT2D eigenvalue weighted by atomic mass is 9.87. The molecule has 0 amide bonds. The van der Waals surface area contributed by atoms with Crippen LogP contribution in [-0.4, -0.2) is 28.5 Å². The van der Waals surface area contributed by atoms with Crippen molar-refractivity contribution in [2.45, 2.75) is 26.2 Å². The first-order valence-electron chi connectivity index (χ1n) is 10.3. The van der Waals surface area contributed by atoms with Gasteiger partial charge in [0, 0.05) is 11.1 Å². The lowest BCUT2D eigenvalue weighted by Gasteiger charge is -2.18. The summed E-state index contributed by atoms with van der Waals surface area (Å²) in [5.74, 6) is 1.75. The number of rotatable bonds is 6. The Morgan fingerprint density at radius 2 is 1.16 bits per heavy atom. The highest BCUT2D eigenvalue weighted by molar-refractivity contribution is 5.68. The third-order valence-electron chi connectivity index (χ3n) is 5.10. The molecule has 0 fully saturated rings. The number of aliphatic hydroxyl groups excluding tert-OH is 1. The maximum atomic E-state index is 8.84. The number of ether oxygens (including phenoxy) is 1. The van der Waals surface area contributed by atoms with Crippen molar-refractivity contribution in [3.05, 3.63) is 78.4 Å². The quantitative estimate of drug-likeness (QED) is 0.436. The summed E-state index contributed by atoms with van der Waals surface area (Å²) in [6, 6.07) is 24.1. The van der Waals surface area contributed by atoms with Crippen molar-refractivity contribution in [1.29, 1.82) is 0 Å². The van der Waals surface area contributed by atoms with E-state index in [0.29, 0.717) is 18.4 Å². The number of aromatic nitrogens is 2. The fraction of sp³-hybridized carbons (Fsp3) is 0.231. The predicted molar refractivity (Wildman–Crippen MR) is 122 cm³/mol. The van der Waals surface area contributed by atoms with Crippen LogP contribution in [-0.2, 0) is 5.41 Å². The lowest BCUT2D eigenvalue weighted by molar-refractivity contribution is 0.201. The van der Waals surface area contributed by atoms with Gasteiger partial charge in [0.1, 0.15) is 12.4 Å². The maximum Gasteiger partial charge on any atom is 0.248 e. The van der Waals surface area contributed by atoms with Crippen molar-refractivity contribution in [2.75, 3.05) is 13.2 Å². The van der Waals surface area contributed by atoms with Crippen molar-refractivity contribution in [2.24, 2.45) is 0 Å². The van der Waals surface area contributed by atoms with Crippen LogP contribution in [0, 0.1) is 0 Å². The molecule has 4 rings (SSSR count). The normalized spacial score (nSPS) is 11.5. The number of hydrogen-bond acceptors (Lipinski definition) is 5. The van der Waals surface area contributed by atoms with Gasteiger partial charge in [-0.1, -0.05) is 57.2 Å². The van der Waals surface area contributed by atoms with Crippen molar-refractivity contribution in [3.63, 3.8) is 0 Å². The monoisotopic (exact) mass is 414 g/mol. The van der Waals surface area contributed by atoms with E-state index < -0.39 is 0 Å². The zero-order valence-electron chi connectivity index (χ0n) is 18.0. The number of hydrogen-bond donors (Lipinski definition) is 1. The molecule has 0 saturated carbocycles. The predicted octanol–water partition coefficient (Wildman–Crippen LogP) is 5.74. The number of aliphatic hydroxyl groups is 1. The molecule has 0 radical (unpaired) electrons. The Morgan fingerprint density at radius 1 is 0.710 bits per heavy atom. The highest BCUT2D eigenvalue weighted by Gasteiger charge is 2.15. The van der Waals surface area contributed by atoms with Crippen LogP contribution in [0.2, 0.25) is 0 Å². The second-order valence-electron chi connectivity index (χ2n) is 8.41. The van der Waals surface area contributed by atoms with Gasteiger partial charge in [-0.3, -0.25) is 0 Å². The van der Waals surface area contributed by atoms with E-state index in [1.807, 2.05) is 60.7 Å². The lowest BCUT2D eigenvalue weighted by Crippen LogP contribution is -2.10. The van der Waals surface area contributed by atoms with E-state index in [9.17, 15) is 0 Å². The van der Waals surface area contributed by atoms with Crippen molar-refractivity contribution in [1.82, 2.24) is 10.2 Å². The molecule has 0 aliphatic carbocycles. The number of benzene rings is 3. The molecule has 0 atom stereocenters. The van der Waals surface area contributed by atoms with E-state index in [0.717, 1.165) is 28.0 Å². The Morgan fingerprint density at radius 3 is 1.65 bits per heavy atom. The van der Waals surface area contributed by atoms with Gasteiger partial charge in [0.05, 0.1) is 6.61 Å². The zero-order valence-corrected chi connectivity index (χ0v) is 18.0. The fourth-order valence-corrected chi connectivity index (χ4v) is 3.28. The third-order valence-corrected chi connectivity index (χ3v) is 5.10. The Hall–Kier alpha value is -3.44. The molecule has 5 nitrogen and oxygen atoms in total. The van der Waals surface area contributed by atoms with Crippen molar-refractivity contribution < 1.29 is 14.3 Å². The average molecular weight is 415 g/mol. The number of nitrogens with zero attached hydrogens (tertiary/aromatic N) is 2. The molecule has 5 heteroatoms. The van der Waals surface area contributed by atoms with E-state index in [1.54, 1.807) is 0 Å². The van der Waals surface area contributed by atoms with Gasteiger partial charge in [-0.05, 0) is 58.5 Å². The molecule has 1 heterocycles. The summed E-state index contributed by atoms with van der Waals surface area (Å²) in [4.78, 5) is 0. The van der Waals surface area contributed by atoms with E-state index in [-0.39, 0.29) is 12.0 Å². The summed E-state index contributed by atoms with van der Waals surface area (Å²) in [7, 11) is 0. The first-order chi connectivity index (χ1) is 14.9. The van der Waals surface area contributed by atoms with Crippen LogP contribution in [0.5, 0.6) is 5.75 Å². The molecule has 158 valence electrons. The maximum absolute atomic E-state index is 8.84. The minimum absolute atomic E-state index is 0.00280. The van der Waals surface area contributed by atoms with Crippen molar-refractivity contribution >= 4 is 0 Å². The van der Waals surface area contributed by atoms with Gasteiger partial charge in [0.25, 0.3) is 0 Å². The SMILES string of the molecule is CC(C)(C)c1ccc(-c2nnc(-c3ccc(-c4ccc(OCCO)cc4)cc3)o2)cc1. The van der Waals surface area contributed by atoms with Crippen LogP contribution >= 0.6 is 0 Å². The van der Waals surface area contributed by atoms with Crippen LogP contribution in [0.3, 0.4) is 0 Å². The van der Waals surface area contributed by atoms with Gasteiger partial charge in [-0.15, -0.1) is 10.2 Å². The molecule has 0 aliphatic rings. The van der Waals surface area contributed by atoms with Crippen molar-refractivity contribution in [3.8, 4) is 39.8 Å². The van der Waals surface area contributed by atoms with E-state index in [2.05, 4.69) is 43.1 Å². The van der Waals surface area contributed by atoms with Crippen LogP contribution in [0.4, 0.5) is 0 Å². The van der Waals surface area contributed by atoms with Crippen LogP contribution in [0.25, 0.3) is 34.0 Å². The topological polar surface area (TPSA) is 68.4 Å². The average Bonchev–Trinajstić information content (AvgIpc) is 3.28. The first kappa shape index (κ1) is 20.8. The summed E-state index contributed by atoms with van der Waals surface area (Å²) >= 11 is 0. The van der Waals surface area contributed by atoms with Gasteiger partial charge < -0.3 is 14.3 Å². The summed E-state index contributed by atoms with van der Waals surface area (Å²) in [6.45, 7) is 6.87. The summed E-state index contributed by atoms with van der Waals surface area (Å²) in [6.07, 6.45) is 0. The first-order valence-corrected chi connectivity index (χ1v) is 10.3. The summed E-state index contributed by atoms with van der Waals surface area (Å²) in [5, 5.41) is 17.3. The van der Waals surface area contributed by atoms with Crippen LogP contribution in [0.1, 0.15) is 26.3 Å². The van der Waals surface area contributed by atoms with Crippen LogP contribution in [0.15, 0.2) is 77.2 Å². The summed E-state index contributed by atoms with van der Waals surface area (Å²) < 4.78 is 11.3. The Bertz CT molecular complexity index is 1120. The van der Waals surface area contributed by atoms with Crippen LogP contribution < -0.4 is 4.74 Å². The molecule has 31 heavy (non-hydrogen) atoms. The van der Waals surface area contributed by atoms with Gasteiger partial charge in [0.15, 0.2) is 0 Å². The molecule has 1 aromatic heterocycles.